The van der Waals surface area contributed by atoms with Crippen molar-refractivity contribution in [2.24, 2.45) is 5.41 Å². The van der Waals surface area contributed by atoms with Crippen molar-refractivity contribution < 1.29 is 18.7 Å². The molecule has 0 radical (unpaired) electrons. The first-order valence-corrected chi connectivity index (χ1v) is 12.5. The zero-order valence-corrected chi connectivity index (χ0v) is 19.8. The highest BCUT2D eigenvalue weighted by atomic mass is 19.1. The van der Waals surface area contributed by atoms with Crippen LogP contribution in [0.15, 0.2) is 66.9 Å². The lowest BCUT2D eigenvalue weighted by atomic mass is 9.75. The van der Waals surface area contributed by atoms with Gasteiger partial charge in [-0.2, -0.15) is 5.10 Å². The second-order valence-electron chi connectivity index (χ2n) is 10.1. The minimum atomic E-state index is -0.268. The molecule has 0 N–H and O–H groups in total. The van der Waals surface area contributed by atoms with Gasteiger partial charge in [0, 0.05) is 35.9 Å². The SMILES string of the molecule is O=C1CCC2(CCN(c3ccc4c(cnn4-c4ccc(F)cc4)c3)C2c2ccc3c(c2)OCCO3)C1. The molecule has 1 aliphatic carbocycles. The van der Waals surface area contributed by atoms with Crippen LogP contribution in [-0.4, -0.2) is 35.3 Å². The number of Topliss-reactive ketones (excluding diaryl/α,β-unsaturated/α-hetero) is 1. The van der Waals surface area contributed by atoms with Crippen LogP contribution in [0.1, 0.15) is 37.3 Å². The Balaban J connectivity index is 1.29. The lowest BCUT2D eigenvalue weighted by Gasteiger charge is -2.37. The summed E-state index contributed by atoms with van der Waals surface area (Å²) in [6.45, 7) is 1.99. The van der Waals surface area contributed by atoms with Crippen molar-refractivity contribution in [1.82, 2.24) is 9.78 Å². The Morgan fingerprint density at radius 1 is 0.917 bits per heavy atom. The van der Waals surface area contributed by atoms with Gasteiger partial charge >= 0.3 is 0 Å². The standard InChI is InChI=1S/C29H26FN3O3/c30-21-2-4-22(5-3-21)33-25-7-6-23(15-20(25)18-31-33)32-12-11-29(10-9-24(34)17-29)28(32)19-1-8-26-27(16-19)36-14-13-35-26/h1-8,15-16,18,28H,9-14,17H2. The average molecular weight is 484 g/mol. The minimum Gasteiger partial charge on any atom is -0.486 e. The Labute approximate surface area is 208 Å². The van der Waals surface area contributed by atoms with Gasteiger partial charge in [0.2, 0.25) is 0 Å². The molecule has 7 rings (SSSR count). The Kier molecular flexibility index (Phi) is 4.81. The molecular formula is C29H26FN3O3. The minimum absolute atomic E-state index is 0.0735. The van der Waals surface area contributed by atoms with Crippen molar-refractivity contribution >= 4 is 22.4 Å². The molecule has 2 unspecified atom stereocenters. The van der Waals surface area contributed by atoms with Crippen molar-refractivity contribution in [3.8, 4) is 17.2 Å². The fourth-order valence-corrected chi connectivity index (χ4v) is 6.37. The van der Waals surface area contributed by atoms with Gasteiger partial charge < -0.3 is 14.4 Å². The third kappa shape index (κ3) is 3.37. The highest BCUT2D eigenvalue weighted by molar-refractivity contribution is 5.85. The van der Waals surface area contributed by atoms with Gasteiger partial charge in [-0.15, -0.1) is 0 Å². The molecule has 1 spiro atoms. The van der Waals surface area contributed by atoms with Gasteiger partial charge in [-0.3, -0.25) is 4.79 Å². The quantitative estimate of drug-likeness (QED) is 0.378. The number of aromatic nitrogens is 2. The Morgan fingerprint density at radius 3 is 2.53 bits per heavy atom. The molecule has 0 amide bonds. The van der Waals surface area contributed by atoms with E-state index < -0.39 is 0 Å². The number of benzene rings is 3. The molecule has 4 aromatic rings. The number of halogens is 1. The van der Waals surface area contributed by atoms with Gasteiger partial charge in [0.1, 0.15) is 24.8 Å². The van der Waals surface area contributed by atoms with E-state index in [1.165, 1.54) is 12.1 Å². The summed E-state index contributed by atoms with van der Waals surface area (Å²) in [4.78, 5) is 14.9. The monoisotopic (exact) mass is 483 g/mol. The van der Waals surface area contributed by atoms with Gasteiger partial charge in [-0.05, 0) is 73.0 Å². The van der Waals surface area contributed by atoms with E-state index in [-0.39, 0.29) is 17.3 Å². The van der Waals surface area contributed by atoms with Crippen LogP contribution in [0.3, 0.4) is 0 Å². The average Bonchev–Trinajstić information content (AvgIpc) is 3.60. The Bertz CT molecular complexity index is 1480. The number of carbonyl (C=O) groups is 1. The van der Waals surface area contributed by atoms with E-state index in [4.69, 9.17) is 9.47 Å². The van der Waals surface area contributed by atoms with Gasteiger partial charge in [-0.25, -0.2) is 9.07 Å². The summed E-state index contributed by atoms with van der Waals surface area (Å²) in [5.74, 6) is 1.65. The molecule has 1 saturated carbocycles. The maximum atomic E-state index is 13.4. The van der Waals surface area contributed by atoms with E-state index in [2.05, 4.69) is 40.3 Å². The van der Waals surface area contributed by atoms with Gasteiger partial charge in [0.25, 0.3) is 0 Å². The van der Waals surface area contributed by atoms with Crippen LogP contribution in [0.5, 0.6) is 11.5 Å². The van der Waals surface area contributed by atoms with Crippen molar-refractivity contribution in [1.29, 1.82) is 0 Å². The zero-order chi connectivity index (χ0) is 24.3. The Hall–Kier alpha value is -3.87. The molecule has 2 aliphatic heterocycles. The molecule has 1 aromatic heterocycles. The second-order valence-corrected chi connectivity index (χ2v) is 10.1. The molecule has 182 valence electrons. The highest BCUT2D eigenvalue weighted by Crippen LogP contribution is 2.57. The molecule has 7 heteroatoms. The number of anilines is 1. The summed E-state index contributed by atoms with van der Waals surface area (Å²) in [6, 6.07) is 19.0. The van der Waals surface area contributed by atoms with E-state index in [0.717, 1.165) is 58.7 Å². The van der Waals surface area contributed by atoms with Crippen LogP contribution < -0.4 is 14.4 Å². The summed E-state index contributed by atoms with van der Waals surface area (Å²) in [7, 11) is 0. The molecule has 2 fully saturated rings. The Morgan fingerprint density at radius 2 is 1.72 bits per heavy atom. The largest absolute Gasteiger partial charge is 0.486 e. The molecular weight excluding hydrogens is 457 g/mol. The number of ketones is 1. The topological polar surface area (TPSA) is 56.6 Å². The molecule has 3 heterocycles. The van der Waals surface area contributed by atoms with Gasteiger partial charge in [0.05, 0.1) is 23.4 Å². The van der Waals surface area contributed by atoms with Crippen LogP contribution in [-0.2, 0) is 4.79 Å². The predicted octanol–water partition coefficient (Wildman–Crippen LogP) is 5.63. The maximum absolute atomic E-state index is 13.4. The summed E-state index contributed by atoms with van der Waals surface area (Å²) >= 11 is 0. The lowest BCUT2D eigenvalue weighted by Crippen LogP contribution is -2.31. The van der Waals surface area contributed by atoms with E-state index in [1.807, 2.05) is 16.9 Å². The smallest absolute Gasteiger partial charge is 0.161 e. The van der Waals surface area contributed by atoms with E-state index >= 15 is 0 Å². The van der Waals surface area contributed by atoms with Gasteiger partial charge in [0.15, 0.2) is 11.5 Å². The van der Waals surface area contributed by atoms with Gasteiger partial charge in [-0.1, -0.05) is 6.07 Å². The highest BCUT2D eigenvalue weighted by Gasteiger charge is 2.52. The maximum Gasteiger partial charge on any atom is 0.161 e. The lowest BCUT2D eigenvalue weighted by molar-refractivity contribution is -0.118. The first kappa shape index (κ1) is 21.4. The van der Waals surface area contributed by atoms with Crippen molar-refractivity contribution in [2.45, 2.75) is 31.7 Å². The third-order valence-corrected chi connectivity index (χ3v) is 8.03. The molecule has 0 bridgehead atoms. The molecule has 36 heavy (non-hydrogen) atoms. The number of fused-ring (bicyclic) bond motifs is 2. The molecule has 1 saturated heterocycles. The summed E-state index contributed by atoms with van der Waals surface area (Å²) in [5.41, 5.74) is 3.98. The van der Waals surface area contributed by atoms with Crippen LogP contribution >= 0.6 is 0 Å². The predicted molar refractivity (Wildman–Crippen MR) is 134 cm³/mol. The normalized spacial score (nSPS) is 23.2. The van der Waals surface area contributed by atoms with Crippen LogP contribution in [0, 0.1) is 11.2 Å². The first-order chi connectivity index (χ1) is 17.6. The van der Waals surface area contributed by atoms with E-state index in [0.29, 0.717) is 31.8 Å². The molecule has 2 atom stereocenters. The van der Waals surface area contributed by atoms with Crippen LogP contribution in [0.25, 0.3) is 16.6 Å². The number of ether oxygens (including phenoxy) is 2. The number of rotatable bonds is 3. The summed E-state index contributed by atoms with van der Waals surface area (Å²) < 4.78 is 26.9. The van der Waals surface area contributed by atoms with Crippen LogP contribution in [0.2, 0.25) is 0 Å². The van der Waals surface area contributed by atoms with Crippen LogP contribution in [0.4, 0.5) is 10.1 Å². The van der Waals surface area contributed by atoms with E-state index in [9.17, 15) is 9.18 Å². The molecule has 3 aliphatic rings. The van der Waals surface area contributed by atoms with Crippen molar-refractivity contribution in [3.05, 3.63) is 78.2 Å². The van der Waals surface area contributed by atoms with Crippen molar-refractivity contribution in [3.63, 3.8) is 0 Å². The number of carbonyl (C=O) groups excluding carboxylic acids is 1. The number of nitrogens with zero attached hydrogens (tertiary/aromatic N) is 3. The third-order valence-electron chi connectivity index (χ3n) is 8.03. The second kappa shape index (κ2) is 8.08. The first-order valence-electron chi connectivity index (χ1n) is 12.5. The summed E-state index contributed by atoms with van der Waals surface area (Å²) in [5, 5.41) is 5.58. The zero-order valence-electron chi connectivity index (χ0n) is 19.8. The summed E-state index contributed by atoms with van der Waals surface area (Å²) in [6.07, 6.45) is 5.01. The van der Waals surface area contributed by atoms with E-state index in [1.54, 1.807) is 12.1 Å². The fourth-order valence-electron chi connectivity index (χ4n) is 6.37. The number of hydrogen-bond donors (Lipinski definition) is 0. The number of hydrogen-bond acceptors (Lipinski definition) is 5. The molecule has 6 nitrogen and oxygen atoms in total. The van der Waals surface area contributed by atoms with Crippen molar-refractivity contribution in [2.75, 3.05) is 24.7 Å². The molecule has 3 aromatic carbocycles. The fraction of sp³-hybridized carbons (Fsp3) is 0.310.